The molecular formula is C12H13F3O3. The van der Waals surface area contributed by atoms with Gasteiger partial charge in [-0.05, 0) is 49.6 Å². The number of alkyl halides is 3. The molecular weight excluding hydrogens is 249 g/mol. The van der Waals surface area contributed by atoms with Gasteiger partial charge in [0.15, 0.2) is 5.60 Å². The molecule has 1 rings (SSSR count). The van der Waals surface area contributed by atoms with Gasteiger partial charge in [-0.25, -0.2) is 4.79 Å². The number of hydrogen-bond acceptors (Lipinski definition) is 2. The first-order chi connectivity index (χ1) is 7.98. The van der Waals surface area contributed by atoms with E-state index >= 15 is 0 Å². The molecule has 6 heteroatoms. The minimum atomic E-state index is -4.87. The molecule has 1 unspecified atom stereocenters. The number of aliphatic hydroxyl groups is 1. The first-order valence-electron chi connectivity index (χ1n) is 5.12. The predicted octanol–water partition coefficient (Wildman–Crippen LogP) is 2.77. The lowest BCUT2D eigenvalue weighted by molar-refractivity contribution is -0.259. The molecule has 1 aromatic carbocycles. The van der Waals surface area contributed by atoms with Gasteiger partial charge < -0.3 is 10.2 Å². The number of hydrogen-bond donors (Lipinski definition) is 2. The molecule has 0 spiro atoms. The summed E-state index contributed by atoms with van der Waals surface area (Å²) in [5.74, 6) is -1.34. The van der Waals surface area contributed by atoms with E-state index in [2.05, 4.69) is 0 Å². The second-order valence-electron chi connectivity index (χ2n) is 4.34. The van der Waals surface area contributed by atoms with E-state index < -0.39 is 23.3 Å². The predicted molar refractivity (Wildman–Crippen MR) is 58.5 cm³/mol. The van der Waals surface area contributed by atoms with E-state index in [9.17, 15) is 23.1 Å². The summed E-state index contributed by atoms with van der Waals surface area (Å²) in [6.45, 7) is 3.52. The fourth-order valence-corrected chi connectivity index (χ4v) is 1.64. The van der Waals surface area contributed by atoms with Gasteiger partial charge in [-0.1, -0.05) is 0 Å². The van der Waals surface area contributed by atoms with Gasteiger partial charge in [0, 0.05) is 0 Å². The smallest absolute Gasteiger partial charge is 0.421 e. The third kappa shape index (κ3) is 2.33. The lowest BCUT2D eigenvalue weighted by atomic mass is 9.87. The van der Waals surface area contributed by atoms with Crippen molar-refractivity contribution in [3.05, 3.63) is 34.4 Å². The average molecular weight is 262 g/mol. The largest absolute Gasteiger partial charge is 0.478 e. The Morgan fingerprint density at radius 1 is 1.22 bits per heavy atom. The van der Waals surface area contributed by atoms with E-state index in [0.717, 1.165) is 6.07 Å². The molecule has 0 heterocycles. The monoisotopic (exact) mass is 262 g/mol. The van der Waals surface area contributed by atoms with Crippen molar-refractivity contribution in [1.29, 1.82) is 0 Å². The van der Waals surface area contributed by atoms with Crippen LogP contribution in [0.3, 0.4) is 0 Å². The van der Waals surface area contributed by atoms with Crippen LogP contribution in [0.15, 0.2) is 12.1 Å². The van der Waals surface area contributed by atoms with Crippen LogP contribution in [0.1, 0.15) is 34.0 Å². The molecule has 0 radical (unpaired) electrons. The molecule has 0 amide bonds. The minimum Gasteiger partial charge on any atom is -0.478 e. The lowest BCUT2D eigenvalue weighted by Crippen LogP contribution is -2.40. The first kappa shape index (κ1) is 14.5. The average Bonchev–Trinajstić information content (AvgIpc) is 2.19. The van der Waals surface area contributed by atoms with E-state index in [1.165, 1.54) is 19.9 Å². The summed E-state index contributed by atoms with van der Waals surface area (Å²) in [7, 11) is 0. The second-order valence-corrected chi connectivity index (χ2v) is 4.34. The molecule has 0 saturated carbocycles. The normalized spacial score (nSPS) is 15.3. The maximum absolute atomic E-state index is 12.8. The highest BCUT2D eigenvalue weighted by Crippen LogP contribution is 2.40. The number of aromatic carboxylic acids is 1. The van der Waals surface area contributed by atoms with E-state index in [1.54, 1.807) is 0 Å². The molecule has 1 aromatic rings. The van der Waals surface area contributed by atoms with Crippen molar-refractivity contribution in [1.82, 2.24) is 0 Å². The van der Waals surface area contributed by atoms with E-state index in [4.69, 9.17) is 5.11 Å². The third-order valence-electron chi connectivity index (χ3n) is 2.99. The van der Waals surface area contributed by atoms with E-state index in [1.807, 2.05) is 0 Å². The zero-order valence-corrected chi connectivity index (χ0v) is 10.1. The summed E-state index contributed by atoms with van der Waals surface area (Å²) < 4.78 is 38.3. The Labute approximate surface area is 102 Å². The van der Waals surface area contributed by atoms with E-state index in [-0.39, 0.29) is 11.1 Å². The van der Waals surface area contributed by atoms with Crippen LogP contribution in [0.25, 0.3) is 0 Å². The van der Waals surface area contributed by atoms with Crippen LogP contribution in [0.4, 0.5) is 13.2 Å². The number of carbonyl (C=O) groups is 1. The highest BCUT2D eigenvalue weighted by molar-refractivity contribution is 5.88. The van der Waals surface area contributed by atoms with Crippen molar-refractivity contribution >= 4 is 5.97 Å². The van der Waals surface area contributed by atoms with Crippen LogP contribution >= 0.6 is 0 Å². The molecule has 0 bridgehead atoms. The standard InChI is InChI=1S/C12H13F3O3/c1-6-4-8(10(16)17)5-9(7(6)2)11(3,18)12(13,14)15/h4-5,18H,1-3H3,(H,16,17). The summed E-state index contributed by atoms with van der Waals surface area (Å²) in [4.78, 5) is 10.8. The summed E-state index contributed by atoms with van der Waals surface area (Å²) in [6.07, 6.45) is -4.87. The number of aryl methyl sites for hydroxylation is 1. The summed E-state index contributed by atoms with van der Waals surface area (Å²) in [5.41, 5.74) is -3.19. The molecule has 0 aliphatic heterocycles. The van der Waals surface area contributed by atoms with Crippen molar-refractivity contribution in [3.8, 4) is 0 Å². The van der Waals surface area contributed by atoms with Crippen molar-refractivity contribution < 1.29 is 28.2 Å². The molecule has 3 nitrogen and oxygen atoms in total. The molecule has 2 N–H and O–H groups in total. The molecule has 0 saturated heterocycles. The number of carboxylic acid groups (broad SMARTS) is 1. The Kier molecular flexibility index (Phi) is 3.44. The third-order valence-corrected chi connectivity index (χ3v) is 2.99. The molecule has 1 atom stereocenters. The van der Waals surface area contributed by atoms with Gasteiger partial charge >= 0.3 is 12.1 Å². The minimum absolute atomic E-state index is 0.224. The lowest BCUT2D eigenvalue weighted by Gasteiger charge is -2.29. The van der Waals surface area contributed by atoms with Crippen LogP contribution in [-0.4, -0.2) is 22.4 Å². The Bertz CT molecular complexity index is 490. The van der Waals surface area contributed by atoms with Crippen molar-refractivity contribution in [2.24, 2.45) is 0 Å². The van der Waals surface area contributed by atoms with Crippen LogP contribution in [0, 0.1) is 13.8 Å². The van der Waals surface area contributed by atoms with Crippen LogP contribution in [0.5, 0.6) is 0 Å². The molecule has 0 aliphatic carbocycles. The Balaban J connectivity index is 3.54. The van der Waals surface area contributed by atoms with Crippen LogP contribution in [-0.2, 0) is 5.60 Å². The topological polar surface area (TPSA) is 57.5 Å². The molecule has 0 fully saturated rings. The number of carboxylic acids is 1. The second kappa shape index (κ2) is 4.28. The zero-order chi connectivity index (χ0) is 14.3. The molecule has 0 aromatic heterocycles. The summed E-state index contributed by atoms with van der Waals surface area (Å²) in [6, 6.07) is 2.13. The van der Waals surface area contributed by atoms with Gasteiger partial charge in [-0.2, -0.15) is 13.2 Å². The Morgan fingerprint density at radius 3 is 2.11 bits per heavy atom. The zero-order valence-electron chi connectivity index (χ0n) is 10.1. The number of benzene rings is 1. The Hall–Kier alpha value is -1.56. The highest BCUT2D eigenvalue weighted by Gasteiger charge is 2.52. The van der Waals surface area contributed by atoms with Crippen molar-refractivity contribution in [3.63, 3.8) is 0 Å². The number of rotatable bonds is 2. The van der Waals surface area contributed by atoms with Crippen molar-refractivity contribution in [2.45, 2.75) is 32.5 Å². The van der Waals surface area contributed by atoms with Gasteiger partial charge in [-0.3, -0.25) is 0 Å². The fourth-order valence-electron chi connectivity index (χ4n) is 1.64. The van der Waals surface area contributed by atoms with Crippen LogP contribution < -0.4 is 0 Å². The molecule has 0 aliphatic rings. The highest BCUT2D eigenvalue weighted by atomic mass is 19.4. The fraction of sp³-hybridized carbons (Fsp3) is 0.417. The van der Waals surface area contributed by atoms with Crippen molar-refractivity contribution in [2.75, 3.05) is 0 Å². The maximum atomic E-state index is 12.8. The summed E-state index contributed by atoms with van der Waals surface area (Å²) in [5, 5.41) is 18.4. The van der Waals surface area contributed by atoms with Gasteiger partial charge in [0.1, 0.15) is 0 Å². The van der Waals surface area contributed by atoms with E-state index in [0.29, 0.717) is 12.5 Å². The van der Waals surface area contributed by atoms with Gasteiger partial charge in [-0.15, -0.1) is 0 Å². The first-order valence-corrected chi connectivity index (χ1v) is 5.12. The summed E-state index contributed by atoms with van der Waals surface area (Å²) >= 11 is 0. The van der Waals surface area contributed by atoms with Gasteiger partial charge in [0.05, 0.1) is 5.56 Å². The maximum Gasteiger partial charge on any atom is 0.421 e. The van der Waals surface area contributed by atoms with Gasteiger partial charge in [0.25, 0.3) is 0 Å². The van der Waals surface area contributed by atoms with Gasteiger partial charge in [0.2, 0.25) is 0 Å². The number of halogens is 3. The molecule has 100 valence electrons. The van der Waals surface area contributed by atoms with Crippen LogP contribution in [0.2, 0.25) is 0 Å². The Morgan fingerprint density at radius 2 is 1.72 bits per heavy atom. The quantitative estimate of drug-likeness (QED) is 0.861. The molecule has 18 heavy (non-hydrogen) atoms. The SMILES string of the molecule is Cc1cc(C(=O)O)cc(C(C)(O)C(F)(F)F)c1C.